The molecule has 2 unspecified atom stereocenters. The maximum Gasteiger partial charge on any atom is 0.251 e. The smallest absolute Gasteiger partial charge is 0.251 e. The number of pyridine rings is 1. The molecule has 1 aliphatic rings. The van der Waals surface area contributed by atoms with Crippen molar-refractivity contribution in [3.63, 3.8) is 0 Å². The average molecular weight is 269 g/mol. The number of carbonyl (C=O) groups is 1. The maximum atomic E-state index is 12.1. The lowest BCUT2D eigenvalue weighted by molar-refractivity contribution is 0.0937. The first-order chi connectivity index (χ1) is 8.58. The molecule has 6 heteroatoms. The van der Waals surface area contributed by atoms with Gasteiger partial charge in [-0.1, -0.05) is 18.5 Å². The van der Waals surface area contributed by atoms with E-state index in [9.17, 15) is 4.79 Å². The molecule has 0 aliphatic heterocycles. The van der Waals surface area contributed by atoms with Gasteiger partial charge < -0.3 is 10.7 Å². The standard InChI is InChI=1S/C12H17ClN4O/c1-7-2-3-9(4-7)15-12(18)8-5-10(13)16-11(6-8)17-14/h5-7,9H,2-4,14H2,1H3,(H,15,18)(H,16,17). The Morgan fingerprint density at radius 3 is 2.89 bits per heavy atom. The summed E-state index contributed by atoms with van der Waals surface area (Å²) in [6.45, 7) is 2.20. The first-order valence-electron chi connectivity index (χ1n) is 6.03. The largest absolute Gasteiger partial charge is 0.349 e. The van der Waals surface area contributed by atoms with E-state index in [1.165, 1.54) is 6.07 Å². The van der Waals surface area contributed by atoms with E-state index < -0.39 is 0 Å². The number of carbonyl (C=O) groups excluding carboxylic acids is 1. The number of nitrogens with zero attached hydrogens (tertiary/aromatic N) is 1. The summed E-state index contributed by atoms with van der Waals surface area (Å²) >= 11 is 5.83. The molecule has 1 aromatic heterocycles. The topological polar surface area (TPSA) is 80.0 Å². The number of hydrogen-bond donors (Lipinski definition) is 3. The van der Waals surface area contributed by atoms with Crippen LogP contribution >= 0.6 is 11.6 Å². The summed E-state index contributed by atoms with van der Waals surface area (Å²) in [5.74, 6) is 6.20. The van der Waals surface area contributed by atoms with Crippen LogP contribution in [0, 0.1) is 5.92 Å². The van der Waals surface area contributed by atoms with Crippen molar-refractivity contribution in [3.05, 3.63) is 22.8 Å². The molecule has 0 radical (unpaired) electrons. The van der Waals surface area contributed by atoms with Gasteiger partial charge in [-0.3, -0.25) is 4.79 Å². The van der Waals surface area contributed by atoms with Crippen molar-refractivity contribution in [3.8, 4) is 0 Å². The van der Waals surface area contributed by atoms with E-state index in [1.54, 1.807) is 6.07 Å². The van der Waals surface area contributed by atoms with Crippen molar-refractivity contribution < 1.29 is 4.79 Å². The van der Waals surface area contributed by atoms with E-state index in [4.69, 9.17) is 17.4 Å². The van der Waals surface area contributed by atoms with Gasteiger partial charge in [0.15, 0.2) is 0 Å². The van der Waals surface area contributed by atoms with E-state index in [-0.39, 0.29) is 17.1 Å². The van der Waals surface area contributed by atoms with Crippen molar-refractivity contribution in [1.29, 1.82) is 0 Å². The zero-order valence-electron chi connectivity index (χ0n) is 10.2. The van der Waals surface area contributed by atoms with Gasteiger partial charge in [-0.25, -0.2) is 10.8 Å². The Bertz CT molecular complexity index is 452. The van der Waals surface area contributed by atoms with Crippen molar-refractivity contribution in [2.24, 2.45) is 11.8 Å². The van der Waals surface area contributed by atoms with Gasteiger partial charge in [-0.15, -0.1) is 0 Å². The molecular weight excluding hydrogens is 252 g/mol. The predicted octanol–water partition coefficient (Wildman–Crippen LogP) is 1.94. The normalized spacial score (nSPS) is 22.8. The summed E-state index contributed by atoms with van der Waals surface area (Å²) in [6, 6.07) is 3.38. The number of anilines is 1. The Hall–Kier alpha value is -1.33. The van der Waals surface area contributed by atoms with Gasteiger partial charge in [0, 0.05) is 11.6 Å². The van der Waals surface area contributed by atoms with Gasteiger partial charge in [0.1, 0.15) is 11.0 Å². The number of nitrogens with two attached hydrogens (primary N) is 1. The number of rotatable bonds is 3. The lowest BCUT2D eigenvalue weighted by atomic mass is 10.1. The molecular formula is C12H17ClN4O. The predicted molar refractivity (Wildman–Crippen MR) is 71.3 cm³/mol. The minimum absolute atomic E-state index is 0.130. The highest BCUT2D eigenvalue weighted by molar-refractivity contribution is 6.29. The fourth-order valence-corrected chi connectivity index (χ4v) is 2.52. The molecule has 1 aromatic rings. The Labute approximate surface area is 111 Å². The minimum atomic E-state index is -0.130. The molecule has 4 N–H and O–H groups in total. The first kappa shape index (κ1) is 13.1. The molecule has 2 atom stereocenters. The zero-order valence-corrected chi connectivity index (χ0v) is 11.0. The van der Waals surface area contributed by atoms with Crippen LogP contribution in [-0.4, -0.2) is 16.9 Å². The summed E-state index contributed by atoms with van der Waals surface area (Å²) in [4.78, 5) is 16.0. The van der Waals surface area contributed by atoms with Crippen molar-refractivity contribution >= 4 is 23.3 Å². The van der Waals surface area contributed by atoms with Crippen LogP contribution in [0.4, 0.5) is 5.82 Å². The fraction of sp³-hybridized carbons (Fsp3) is 0.500. The third-order valence-corrected chi connectivity index (χ3v) is 3.43. The maximum absolute atomic E-state index is 12.1. The second-order valence-corrected chi connectivity index (χ2v) is 5.18. The molecule has 0 bridgehead atoms. The third-order valence-electron chi connectivity index (χ3n) is 3.23. The van der Waals surface area contributed by atoms with Crippen LogP contribution in [0.15, 0.2) is 12.1 Å². The van der Waals surface area contributed by atoms with E-state index in [0.717, 1.165) is 19.3 Å². The number of nitrogen functional groups attached to an aromatic ring is 1. The van der Waals surface area contributed by atoms with Crippen molar-refractivity contribution in [1.82, 2.24) is 10.3 Å². The molecule has 1 aliphatic carbocycles. The molecule has 0 saturated heterocycles. The molecule has 5 nitrogen and oxygen atoms in total. The van der Waals surface area contributed by atoms with Crippen LogP contribution in [0.25, 0.3) is 0 Å². The highest BCUT2D eigenvalue weighted by atomic mass is 35.5. The molecule has 2 rings (SSSR count). The molecule has 98 valence electrons. The highest BCUT2D eigenvalue weighted by Gasteiger charge is 2.23. The van der Waals surface area contributed by atoms with Crippen LogP contribution in [0.3, 0.4) is 0 Å². The van der Waals surface area contributed by atoms with E-state index in [0.29, 0.717) is 17.3 Å². The average Bonchev–Trinajstić information content (AvgIpc) is 2.73. The van der Waals surface area contributed by atoms with Crippen LogP contribution < -0.4 is 16.6 Å². The second kappa shape index (κ2) is 5.54. The Balaban J connectivity index is 2.06. The molecule has 0 aromatic carbocycles. The molecule has 1 saturated carbocycles. The lowest BCUT2D eigenvalue weighted by Crippen LogP contribution is -2.33. The first-order valence-corrected chi connectivity index (χ1v) is 6.41. The van der Waals surface area contributed by atoms with E-state index in [2.05, 4.69) is 22.7 Å². The van der Waals surface area contributed by atoms with Crippen LogP contribution in [0.2, 0.25) is 5.15 Å². The molecule has 18 heavy (non-hydrogen) atoms. The summed E-state index contributed by atoms with van der Waals surface area (Å²) in [7, 11) is 0. The number of hydrazine groups is 1. The van der Waals surface area contributed by atoms with Gasteiger partial charge in [0.25, 0.3) is 5.91 Å². The van der Waals surface area contributed by atoms with Gasteiger partial charge in [-0.2, -0.15) is 0 Å². The quantitative estimate of drug-likeness (QED) is 0.445. The summed E-state index contributed by atoms with van der Waals surface area (Å²) in [6.07, 6.45) is 3.23. The van der Waals surface area contributed by atoms with Crippen LogP contribution in [0.1, 0.15) is 36.5 Å². The fourth-order valence-electron chi connectivity index (χ4n) is 2.31. The van der Waals surface area contributed by atoms with Crippen LogP contribution in [-0.2, 0) is 0 Å². The van der Waals surface area contributed by atoms with Gasteiger partial charge in [0.05, 0.1) is 0 Å². The second-order valence-electron chi connectivity index (χ2n) is 4.80. The molecule has 1 amide bonds. The van der Waals surface area contributed by atoms with Gasteiger partial charge >= 0.3 is 0 Å². The summed E-state index contributed by atoms with van der Waals surface area (Å²) < 4.78 is 0. The van der Waals surface area contributed by atoms with Gasteiger partial charge in [-0.05, 0) is 37.3 Å². The highest BCUT2D eigenvalue weighted by Crippen LogP contribution is 2.25. The Morgan fingerprint density at radius 2 is 2.28 bits per heavy atom. The van der Waals surface area contributed by atoms with E-state index in [1.807, 2.05) is 0 Å². The number of halogens is 1. The SMILES string of the molecule is CC1CCC(NC(=O)c2cc(Cl)nc(NN)c2)C1. The summed E-state index contributed by atoms with van der Waals surface area (Å²) in [5.41, 5.74) is 2.86. The number of amides is 1. The van der Waals surface area contributed by atoms with E-state index >= 15 is 0 Å². The molecule has 1 fully saturated rings. The Kier molecular flexibility index (Phi) is 4.04. The van der Waals surface area contributed by atoms with Crippen molar-refractivity contribution in [2.45, 2.75) is 32.2 Å². The monoisotopic (exact) mass is 268 g/mol. The summed E-state index contributed by atoms with van der Waals surface area (Å²) in [5, 5.41) is 3.26. The molecule has 1 heterocycles. The zero-order chi connectivity index (χ0) is 13.1. The minimum Gasteiger partial charge on any atom is -0.349 e. The Morgan fingerprint density at radius 1 is 1.50 bits per heavy atom. The lowest BCUT2D eigenvalue weighted by Gasteiger charge is -2.13. The number of aromatic nitrogens is 1. The number of nitrogens with one attached hydrogen (secondary N) is 2. The van der Waals surface area contributed by atoms with Gasteiger partial charge in [0.2, 0.25) is 0 Å². The van der Waals surface area contributed by atoms with Crippen LogP contribution in [0.5, 0.6) is 0 Å². The third kappa shape index (κ3) is 3.11. The molecule has 0 spiro atoms. The van der Waals surface area contributed by atoms with Crippen molar-refractivity contribution in [2.75, 3.05) is 5.43 Å². The number of hydrogen-bond acceptors (Lipinski definition) is 4.